The van der Waals surface area contributed by atoms with Crippen LogP contribution in [0.2, 0.25) is 0 Å². The number of carbonyl (C=O) groups is 1. The third-order valence-electron chi connectivity index (χ3n) is 3.62. The second-order valence-corrected chi connectivity index (χ2v) is 6.72. The fraction of sp³-hybridized carbons (Fsp3) is 0.353. The number of carbonyl (C=O) groups excluding carboxylic acids is 1. The number of aromatic nitrogens is 2. The number of nitrogens with zero attached hydrogens (tertiary/aromatic N) is 2. The molecule has 27 heavy (non-hydrogen) atoms. The summed E-state index contributed by atoms with van der Waals surface area (Å²) >= 11 is 1.39. The molecular weight excluding hydrogens is 375 g/mol. The highest BCUT2D eigenvalue weighted by Gasteiger charge is 2.21. The number of halogens is 1. The summed E-state index contributed by atoms with van der Waals surface area (Å²) in [4.78, 5) is 30.3. The van der Waals surface area contributed by atoms with Gasteiger partial charge in [-0.3, -0.25) is 14.4 Å². The summed E-state index contributed by atoms with van der Waals surface area (Å²) < 4.78 is 15.3. The van der Waals surface area contributed by atoms with E-state index in [9.17, 15) is 19.1 Å². The molecule has 0 radical (unpaired) electrons. The number of anilines is 2. The lowest BCUT2D eigenvalue weighted by Gasteiger charge is -2.16. The summed E-state index contributed by atoms with van der Waals surface area (Å²) in [6.45, 7) is 2.88. The van der Waals surface area contributed by atoms with Crippen LogP contribution < -0.4 is 16.4 Å². The Bertz CT molecular complexity index is 901. The lowest BCUT2D eigenvalue weighted by atomic mass is 10.2. The van der Waals surface area contributed by atoms with Crippen molar-refractivity contribution in [3.63, 3.8) is 0 Å². The second-order valence-electron chi connectivity index (χ2n) is 5.84. The van der Waals surface area contributed by atoms with Gasteiger partial charge in [-0.25, -0.2) is 14.6 Å². The standard InChI is InChI=1S/C17H21FN4O4S/c1-9(23)8-26-21-16(24)15-14(10(2)17(25)22(3)20-15)19-13-6-5-11(27-4)7-12(13)18/h5-7,9,19,23H,8H2,1-4H3,(H,21,24)/t9-/m0/s1. The number of aliphatic hydroxyl groups is 1. The van der Waals surface area contributed by atoms with E-state index in [1.165, 1.54) is 44.8 Å². The summed E-state index contributed by atoms with van der Waals surface area (Å²) in [5, 5.41) is 15.9. The Morgan fingerprint density at radius 3 is 2.78 bits per heavy atom. The van der Waals surface area contributed by atoms with Crippen LogP contribution in [0.3, 0.4) is 0 Å². The lowest BCUT2D eigenvalue weighted by Crippen LogP contribution is -2.33. The maximum absolute atomic E-state index is 14.3. The van der Waals surface area contributed by atoms with Crippen molar-refractivity contribution in [3.05, 3.63) is 45.6 Å². The van der Waals surface area contributed by atoms with E-state index in [-0.39, 0.29) is 29.2 Å². The van der Waals surface area contributed by atoms with E-state index in [0.717, 1.165) is 9.58 Å². The molecule has 2 rings (SSSR count). The molecule has 0 saturated carbocycles. The maximum atomic E-state index is 14.3. The van der Waals surface area contributed by atoms with Gasteiger partial charge in [-0.05, 0) is 38.3 Å². The number of aryl methyl sites for hydroxylation is 1. The molecule has 1 atom stereocenters. The van der Waals surface area contributed by atoms with Gasteiger partial charge < -0.3 is 10.4 Å². The summed E-state index contributed by atoms with van der Waals surface area (Å²) in [6, 6.07) is 4.58. The summed E-state index contributed by atoms with van der Waals surface area (Å²) in [7, 11) is 1.40. The molecule has 0 aliphatic carbocycles. The molecule has 2 aromatic rings. The molecule has 0 aliphatic heterocycles. The Morgan fingerprint density at radius 2 is 2.19 bits per heavy atom. The first-order valence-electron chi connectivity index (χ1n) is 8.03. The van der Waals surface area contributed by atoms with Gasteiger partial charge in [0, 0.05) is 17.5 Å². The number of amides is 1. The van der Waals surface area contributed by atoms with E-state index in [2.05, 4.69) is 15.9 Å². The highest BCUT2D eigenvalue weighted by Crippen LogP contribution is 2.26. The fourth-order valence-electron chi connectivity index (χ4n) is 2.22. The molecule has 146 valence electrons. The van der Waals surface area contributed by atoms with Crippen molar-refractivity contribution in [1.29, 1.82) is 0 Å². The monoisotopic (exact) mass is 396 g/mol. The Kier molecular flexibility index (Phi) is 6.94. The smallest absolute Gasteiger partial charge is 0.297 e. The minimum absolute atomic E-state index is 0.0760. The fourth-order valence-corrected chi connectivity index (χ4v) is 2.64. The van der Waals surface area contributed by atoms with Gasteiger partial charge >= 0.3 is 0 Å². The van der Waals surface area contributed by atoms with Crippen molar-refractivity contribution in [2.45, 2.75) is 24.8 Å². The van der Waals surface area contributed by atoms with E-state index < -0.39 is 23.4 Å². The number of hydrogen-bond acceptors (Lipinski definition) is 7. The van der Waals surface area contributed by atoms with Gasteiger partial charge in [0.1, 0.15) is 12.4 Å². The van der Waals surface area contributed by atoms with E-state index in [1.807, 2.05) is 6.26 Å². The quantitative estimate of drug-likeness (QED) is 0.483. The molecule has 0 fully saturated rings. The molecule has 1 aromatic carbocycles. The number of nitrogens with one attached hydrogen (secondary N) is 2. The second kappa shape index (κ2) is 8.98. The summed E-state index contributed by atoms with van der Waals surface area (Å²) in [5.41, 5.74) is 1.95. The predicted molar refractivity (Wildman–Crippen MR) is 101 cm³/mol. The van der Waals surface area contributed by atoms with Crippen molar-refractivity contribution in [2.75, 3.05) is 18.2 Å². The van der Waals surface area contributed by atoms with Crippen LogP contribution >= 0.6 is 11.8 Å². The van der Waals surface area contributed by atoms with Crippen LogP contribution in [0.1, 0.15) is 23.0 Å². The Balaban J connectivity index is 2.41. The van der Waals surface area contributed by atoms with Crippen LogP contribution in [-0.2, 0) is 11.9 Å². The van der Waals surface area contributed by atoms with Crippen LogP contribution in [0.15, 0.2) is 27.9 Å². The van der Waals surface area contributed by atoms with Gasteiger partial charge in [0.15, 0.2) is 5.69 Å². The minimum atomic E-state index is -0.776. The predicted octanol–water partition coefficient (Wildman–Crippen LogP) is 1.74. The normalized spacial score (nSPS) is 11.9. The number of rotatable bonds is 7. The zero-order valence-corrected chi connectivity index (χ0v) is 16.2. The topological polar surface area (TPSA) is 105 Å². The van der Waals surface area contributed by atoms with E-state index in [1.54, 1.807) is 6.07 Å². The largest absolute Gasteiger partial charge is 0.391 e. The first-order chi connectivity index (χ1) is 12.7. The highest BCUT2D eigenvalue weighted by molar-refractivity contribution is 7.98. The van der Waals surface area contributed by atoms with Crippen molar-refractivity contribution in [3.8, 4) is 0 Å². The Labute approximate surface area is 159 Å². The lowest BCUT2D eigenvalue weighted by molar-refractivity contribution is -0.00717. The van der Waals surface area contributed by atoms with Crippen molar-refractivity contribution >= 4 is 29.0 Å². The van der Waals surface area contributed by atoms with Crippen molar-refractivity contribution in [2.24, 2.45) is 7.05 Å². The Morgan fingerprint density at radius 1 is 1.48 bits per heavy atom. The van der Waals surface area contributed by atoms with Crippen LogP contribution in [0.25, 0.3) is 0 Å². The average Bonchev–Trinajstić information content (AvgIpc) is 2.62. The summed E-state index contributed by atoms with van der Waals surface area (Å²) in [5.74, 6) is -1.27. The first kappa shape index (κ1) is 20.9. The molecule has 3 N–H and O–H groups in total. The van der Waals surface area contributed by atoms with Crippen molar-refractivity contribution in [1.82, 2.24) is 15.3 Å². The minimum Gasteiger partial charge on any atom is -0.391 e. The van der Waals surface area contributed by atoms with Gasteiger partial charge in [-0.2, -0.15) is 5.10 Å². The Hall–Kier alpha value is -2.43. The SMILES string of the molecule is CSc1ccc(Nc2c(C(=O)NOC[C@H](C)O)nn(C)c(=O)c2C)c(F)c1. The zero-order valence-electron chi connectivity index (χ0n) is 15.4. The number of thioether (sulfide) groups is 1. The molecule has 0 saturated heterocycles. The molecule has 10 heteroatoms. The zero-order chi connectivity index (χ0) is 20.1. The molecule has 1 aromatic heterocycles. The molecule has 8 nitrogen and oxygen atoms in total. The van der Waals surface area contributed by atoms with Crippen LogP contribution in [0.4, 0.5) is 15.8 Å². The number of hydrogen-bond donors (Lipinski definition) is 3. The summed E-state index contributed by atoms with van der Waals surface area (Å²) in [6.07, 6.45) is 1.05. The van der Waals surface area contributed by atoms with Gasteiger partial charge in [0.25, 0.3) is 11.5 Å². The van der Waals surface area contributed by atoms with E-state index in [4.69, 9.17) is 4.84 Å². The number of benzene rings is 1. The molecule has 0 spiro atoms. The molecule has 0 aliphatic rings. The first-order valence-corrected chi connectivity index (χ1v) is 9.25. The number of hydroxylamine groups is 1. The van der Waals surface area contributed by atoms with Crippen molar-refractivity contribution < 1.29 is 19.1 Å². The molecule has 0 unspecified atom stereocenters. The highest BCUT2D eigenvalue weighted by atomic mass is 32.2. The van der Waals surface area contributed by atoms with E-state index in [0.29, 0.717) is 0 Å². The molecular formula is C17H21FN4O4S. The molecule has 1 amide bonds. The van der Waals surface area contributed by atoms with Gasteiger partial charge in [0.2, 0.25) is 0 Å². The van der Waals surface area contributed by atoms with Crippen LogP contribution in [0.5, 0.6) is 0 Å². The third kappa shape index (κ3) is 5.06. The van der Waals surface area contributed by atoms with Crippen LogP contribution in [0, 0.1) is 12.7 Å². The van der Waals surface area contributed by atoms with Gasteiger partial charge in [-0.1, -0.05) is 0 Å². The van der Waals surface area contributed by atoms with E-state index >= 15 is 0 Å². The third-order valence-corrected chi connectivity index (χ3v) is 4.34. The maximum Gasteiger partial charge on any atom is 0.297 e. The molecule has 0 bridgehead atoms. The average molecular weight is 396 g/mol. The van der Waals surface area contributed by atoms with Gasteiger partial charge in [-0.15, -0.1) is 11.8 Å². The van der Waals surface area contributed by atoms with Gasteiger partial charge in [0.05, 0.1) is 17.5 Å². The van der Waals surface area contributed by atoms with Crippen LogP contribution in [-0.4, -0.2) is 39.8 Å². The number of aliphatic hydroxyl groups excluding tert-OH is 1. The molecule has 1 heterocycles.